The molecule has 0 unspecified atom stereocenters. The summed E-state index contributed by atoms with van der Waals surface area (Å²) < 4.78 is 9.20. The van der Waals surface area contributed by atoms with E-state index in [9.17, 15) is 0 Å². The Morgan fingerprint density at radius 3 is 1.15 bits per heavy atom. The van der Waals surface area contributed by atoms with Gasteiger partial charge in [-0.1, -0.05) is 152 Å². The van der Waals surface area contributed by atoms with Gasteiger partial charge in [0, 0.05) is 69.3 Å². The van der Waals surface area contributed by atoms with E-state index in [1.165, 1.54) is 194 Å². The van der Waals surface area contributed by atoms with Crippen molar-refractivity contribution >= 4 is 0 Å². The number of benzene rings is 4. The Labute approximate surface area is 509 Å². The van der Waals surface area contributed by atoms with Gasteiger partial charge in [-0.25, -0.2) is 18.3 Å². The minimum absolute atomic E-state index is 0.701. The molecular formula is C80H104N4+4. The average Bonchev–Trinajstić information content (AvgIpc) is 2.67. The lowest BCUT2D eigenvalue weighted by atomic mass is 9.88. The van der Waals surface area contributed by atoms with Crippen molar-refractivity contribution < 1.29 is 18.3 Å². The fraction of sp³-hybridized carbons (Fsp3) is 0.450. The number of aryl methyl sites for hydroxylation is 8. The molecule has 0 atom stereocenters. The summed E-state index contributed by atoms with van der Waals surface area (Å²) >= 11 is 0. The van der Waals surface area contributed by atoms with Crippen LogP contribution in [-0.4, -0.2) is 0 Å². The van der Waals surface area contributed by atoms with E-state index in [4.69, 9.17) is 0 Å². The van der Waals surface area contributed by atoms with Crippen molar-refractivity contribution in [2.75, 3.05) is 0 Å². The molecule has 0 N–H and O–H groups in total. The summed E-state index contributed by atoms with van der Waals surface area (Å²) in [6.07, 6.45) is 33.8. The average molecular weight is 1120 g/mol. The highest BCUT2D eigenvalue weighted by atomic mass is 14.9. The number of hydrogen-bond acceptors (Lipinski definition) is 0. The number of rotatable bonds is 12. The predicted molar refractivity (Wildman–Crippen MR) is 353 cm³/mol. The quantitative estimate of drug-likeness (QED) is 0.108. The van der Waals surface area contributed by atoms with Crippen molar-refractivity contribution in [2.24, 2.45) is 40.0 Å². The summed E-state index contributed by atoms with van der Waals surface area (Å²) in [5.41, 5.74) is 25.6. The van der Waals surface area contributed by atoms with E-state index in [2.05, 4.69) is 260 Å². The Morgan fingerprint density at radius 1 is 0.333 bits per heavy atom. The Hall–Kier alpha value is -6.52. The normalized spacial score (nSPS) is 15.7. The van der Waals surface area contributed by atoms with Gasteiger partial charge in [-0.05, 0) is 197 Å². The molecule has 4 aliphatic rings. The van der Waals surface area contributed by atoms with Crippen LogP contribution in [0.15, 0.2) is 158 Å². The number of nitrogens with zero attached hydrogens (tertiary/aromatic N) is 4. The Kier molecular flexibility index (Phi) is 21.8. The molecule has 0 spiro atoms. The fourth-order valence-electron chi connectivity index (χ4n) is 14.6. The van der Waals surface area contributed by atoms with Gasteiger partial charge in [-0.3, -0.25) is 0 Å². The van der Waals surface area contributed by atoms with Crippen LogP contribution >= 0.6 is 0 Å². The second-order valence-electron chi connectivity index (χ2n) is 26.8. The van der Waals surface area contributed by atoms with Gasteiger partial charge >= 0.3 is 0 Å². The van der Waals surface area contributed by atoms with E-state index in [1.54, 1.807) is 22.3 Å². The van der Waals surface area contributed by atoms with Crippen LogP contribution < -0.4 is 18.3 Å². The van der Waals surface area contributed by atoms with Crippen molar-refractivity contribution in [3.05, 3.63) is 214 Å². The zero-order chi connectivity index (χ0) is 59.3. The van der Waals surface area contributed by atoms with Gasteiger partial charge in [0.25, 0.3) is 0 Å². The molecule has 84 heavy (non-hydrogen) atoms. The topological polar surface area (TPSA) is 15.5 Å². The molecule has 440 valence electrons. The molecule has 4 heteroatoms. The lowest BCUT2D eigenvalue weighted by Gasteiger charge is -2.17. The molecule has 8 aromatic rings. The zero-order valence-corrected chi connectivity index (χ0v) is 54.0. The van der Waals surface area contributed by atoms with Crippen LogP contribution in [0.2, 0.25) is 0 Å². The third kappa shape index (κ3) is 15.7. The first-order valence-electron chi connectivity index (χ1n) is 32.9. The van der Waals surface area contributed by atoms with Crippen molar-refractivity contribution in [3.63, 3.8) is 0 Å². The van der Waals surface area contributed by atoms with Gasteiger partial charge in [0.15, 0.2) is 24.8 Å². The standard InChI is InChI=1S/2C22H30N.2C18H22N/c1-16(2)13-19-15-23(4)22(20-12-8-5-9-17(20)3)14-21(19)18-10-6-7-11-18;1-16(2)13-19-14-22(20-12-8-5-9-17(20)3)23(4)15-21(19)18-10-6-7-11-18;1-14-7-3-6-10-17(14)18-13-16(11-12-19(18)2)15-8-4-5-9-15;1-14-7-3-6-10-17(14)18-12-11-16(13-19(18)2)15-8-4-5-9-15/h2*5,8-9,12,14-16,18H,6-7,10-11,13H2,1-4H3;2*3,6-7,10-13,15H,4-5,8-9H2,1-2H3/q4*+1. The van der Waals surface area contributed by atoms with E-state index in [-0.39, 0.29) is 0 Å². The lowest BCUT2D eigenvalue weighted by molar-refractivity contribution is -0.661. The molecule has 0 bridgehead atoms. The maximum absolute atomic E-state index is 2.50. The van der Waals surface area contributed by atoms with Gasteiger partial charge < -0.3 is 0 Å². The highest BCUT2D eigenvalue weighted by Gasteiger charge is 2.28. The molecule has 4 aromatic carbocycles. The Bertz CT molecular complexity index is 3430. The lowest BCUT2D eigenvalue weighted by Crippen LogP contribution is -2.32. The number of pyridine rings is 4. The first-order chi connectivity index (χ1) is 40.6. The number of aromatic nitrogens is 4. The summed E-state index contributed by atoms with van der Waals surface area (Å²) in [5.74, 6) is 4.53. The molecule has 4 nitrogen and oxygen atoms in total. The predicted octanol–water partition coefficient (Wildman–Crippen LogP) is 19.0. The van der Waals surface area contributed by atoms with Crippen molar-refractivity contribution in [3.8, 4) is 45.0 Å². The van der Waals surface area contributed by atoms with E-state index >= 15 is 0 Å². The third-order valence-corrected chi connectivity index (χ3v) is 19.3. The summed E-state index contributed by atoms with van der Waals surface area (Å²) in [7, 11) is 8.71. The smallest absolute Gasteiger partial charge is 0.201 e. The third-order valence-electron chi connectivity index (χ3n) is 19.3. The van der Waals surface area contributed by atoms with Gasteiger partial charge in [0.2, 0.25) is 22.8 Å². The van der Waals surface area contributed by atoms with E-state index < -0.39 is 0 Å². The maximum atomic E-state index is 2.50. The molecule has 4 aliphatic carbocycles. The second-order valence-corrected chi connectivity index (χ2v) is 26.8. The SMILES string of the molecule is Cc1ccccc1-c1cc(C2CCCC2)c(CC(C)C)c[n+]1C.Cc1ccccc1-c1cc(C2CCCC2)cc[n+]1C.Cc1ccccc1-c1cc(CC(C)C)c(C2CCCC2)c[n+]1C.Cc1ccccc1-c1ccc(C2CCCC2)c[n+]1C. The maximum Gasteiger partial charge on any atom is 0.212 e. The van der Waals surface area contributed by atoms with Crippen molar-refractivity contribution in [2.45, 2.75) is 195 Å². The van der Waals surface area contributed by atoms with Crippen LogP contribution in [0.4, 0.5) is 0 Å². The summed E-state index contributed by atoms with van der Waals surface area (Å²) in [6, 6.07) is 49.0. The van der Waals surface area contributed by atoms with Crippen LogP contribution in [0.3, 0.4) is 0 Å². The highest BCUT2D eigenvalue weighted by Crippen LogP contribution is 2.40. The second kappa shape index (κ2) is 29.5. The zero-order valence-electron chi connectivity index (χ0n) is 54.0. The van der Waals surface area contributed by atoms with Gasteiger partial charge in [0.05, 0.1) is 0 Å². The highest BCUT2D eigenvalue weighted by molar-refractivity contribution is 5.64. The summed E-state index contributed by atoms with van der Waals surface area (Å²) in [5, 5.41) is 0. The monoisotopic (exact) mass is 1120 g/mol. The minimum Gasteiger partial charge on any atom is -0.201 e. The Balaban J connectivity index is 0.000000135. The van der Waals surface area contributed by atoms with Crippen LogP contribution in [0.5, 0.6) is 0 Å². The van der Waals surface area contributed by atoms with Crippen LogP contribution in [0.25, 0.3) is 45.0 Å². The first-order valence-corrected chi connectivity index (χ1v) is 32.9. The molecule has 4 saturated carbocycles. The summed E-state index contributed by atoms with van der Waals surface area (Å²) in [6.45, 7) is 18.1. The summed E-state index contributed by atoms with van der Waals surface area (Å²) in [4.78, 5) is 0. The van der Waals surface area contributed by atoms with Gasteiger partial charge in [0.1, 0.15) is 28.2 Å². The Morgan fingerprint density at radius 2 is 0.702 bits per heavy atom. The van der Waals surface area contributed by atoms with E-state index in [0.717, 1.165) is 23.7 Å². The fourth-order valence-corrected chi connectivity index (χ4v) is 14.6. The van der Waals surface area contributed by atoms with Crippen molar-refractivity contribution in [1.82, 2.24) is 0 Å². The van der Waals surface area contributed by atoms with Crippen LogP contribution in [0, 0.1) is 39.5 Å². The van der Waals surface area contributed by atoms with Crippen LogP contribution in [0.1, 0.15) is 210 Å². The molecule has 4 aromatic heterocycles. The number of hydrogen-bond donors (Lipinski definition) is 0. The van der Waals surface area contributed by atoms with E-state index in [1.807, 2.05) is 0 Å². The molecule has 0 saturated heterocycles. The first kappa shape index (κ1) is 62.0. The molecule has 0 aliphatic heterocycles. The molecule has 12 rings (SSSR count). The minimum atomic E-state index is 0.701. The van der Waals surface area contributed by atoms with Gasteiger partial charge in [-0.2, -0.15) is 0 Å². The molecule has 4 heterocycles. The van der Waals surface area contributed by atoms with E-state index in [0.29, 0.717) is 11.8 Å². The molecule has 0 amide bonds. The molecule has 0 radical (unpaired) electrons. The molecular weight excluding hydrogens is 1020 g/mol. The van der Waals surface area contributed by atoms with Gasteiger partial charge in [-0.15, -0.1) is 0 Å². The van der Waals surface area contributed by atoms with Crippen LogP contribution in [-0.2, 0) is 41.0 Å². The molecule has 4 fully saturated rings. The van der Waals surface area contributed by atoms with Crippen molar-refractivity contribution in [1.29, 1.82) is 0 Å². The largest absolute Gasteiger partial charge is 0.212 e.